The van der Waals surface area contributed by atoms with Crippen molar-refractivity contribution < 1.29 is 28.6 Å². The predicted molar refractivity (Wildman–Crippen MR) is 127 cm³/mol. The van der Waals surface area contributed by atoms with Crippen molar-refractivity contribution in [3.8, 4) is 11.5 Å². The topological polar surface area (TPSA) is 104 Å². The van der Waals surface area contributed by atoms with Crippen LogP contribution in [0.5, 0.6) is 11.5 Å². The van der Waals surface area contributed by atoms with Gasteiger partial charge < -0.3 is 19.5 Å². The van der Waals surface area contributed by atoms with Gasteiger partial charge in [-0.1, -0.05) is 24.3 Å². The minimum absolute atomic E-state index is 0.0540. The highest BCUT2D eigenvalue weighted by atomic mass is 32.2. The van der Waals surface area contributed by atoms with Crippen LogP contribution in [0, 0.1) is 0 Å². The van der Waals surface area contributed by atoms with E-state index in [1.807, 2.05) is 18.4 Å². The molecule has 1 N–H and O–H groups in total. The molecule has 1 heterocycles. The van der Waals surface area contributed by atoms with Gasteiger partial charge in [-0.2, -0.15) is 11.8 Å². The summed E-state index contributed by atoms with van der Waals surface area (Å²) in [6, 6.07) is 9.66. The van der Waals surface area contributed by atoms with E-state index in [4.69, 9.17) is 14.2 Å². The first-order chi connectivity index (χ1) is 16.5. The van der Waals surface area contributed by atoms with Crippen LogP contribution in [0.2, 0.25) is 0 Å². The fourth-order valence-corrected chi connectivity index (χ4v) is 4.38. The first-order valence-corrected chi connectivity index (χ1v) is 12.7. The number of fused-ring (bicyclic) bond motifs is 1. The van der Waals surface area contributed by atoms with Gasteiger partial charge in [0.15, 0.2) is 11.4 Å². The Balaban J connectivity index is 1.44. The van der Waals surface area contributed by atoms with Crippen LogP contribution in [-0.4, -0.2) is 53.6 Å². The highest BCUT2D eigenvalue weighted by Gasteiger charge is 2.54. The molecule has 1 fully saturated rings. The highest BCUT2D eigenvalue weighted by molar-refractivity contribution is 7.98. The molecule has 0 radical (unpaired) electrons. The minimum Gasteiger partial charge on any atom is -0.493 e. The summed E-state index contributed by atoms with van der Waals surface area (Å²) in [6.07, 6.45) is 6.47. The van der Waals surface area contributed by atoms with Crippen LogP contribution < -0.4 is 14.8 Å². The Morgan fingerprint density at radius 2 is 1.94 bits per heavy atom. The molecule has 0 spiro atoms. The fraction of sp³-hybridized carbons (Fsp3) is 0.440. The molecule has 4 rings (SSSR count). The van der Waals surface area contributed by atoms with E-state index in [1.165, 1.54) is 42.3 Å². The molecule has 1 saturated carbocycles. The zero-order valence-electron chi connectivity index (χ0n) is 19.3. The van der Waals surface area contributed by atoms with Gasteiger partial charge in [0, 0.05) is 24.4 Å². The second-order valence-corrected chi connectivity index (χ2v) is 9.47. The third-order valence-corrected chi connectivity index (χ3v) is 6.71. The first-order valence-electron chi connectivity index (χ1n) is 11.3. The van der Waals surface area contributed by atoms with E-state index in [0.29, 0.717) is 25.0 Å². The molecule has 1 unspecified atom stereocenters. The molecule has 2 aliphatic carbocycles. The molecule has 9 heteroatoms. The Kier molecular flexibility index (Phi) is 7.41. The van der Waals surface area contributed by atoms with Gasteiger partial charge in [0.1, 0.15) is 11.6 Å². The summed E-state index contributed by atoms with van der Waals surface area (Å²) in [5.41, 5.74) is 1.28. The SMILES string of the molecule is COc1ccnc(C(=O)NC2(C(=O)OC3CCc4ccccc4C3)CC2)c1OC(=O)CCSC. The second kappa shape index (κ2) is 10.5. The molecule has 2 aliphatic rings. The van der Waals surface area contributed by atoms with Gasteiger partial charge in [-0.05, 0) is 43.1 Å². The van der Waals surface area contributed by atoms with Gasteiger partial charge >= 0.3 is 11.9 Å². The molecule has 34 heavy (non-hydrogen) atoms. The number of nitrogens with zero attached hydrogens (tertiary/aromatic N) is 1. The molecule has 1 atom stereocenters. The van der Waals surface area contributed by atoms with Crippen molar-refractivity contribution in [3.05, 3.63) is 53.3 Å². The number of rotatable bonds is 9. The smallest absolute Gasteiger partial charge is 0.332 e. The number of benzene rings is 1. The Hall–Kier alpha value is -3.07. The third-order valence-electron chi connectivity index (χ3n) is 6.10. The minimum atomic E-state index is -1.08. The van der Waals surface area contributed by atoms with E-state index in [9.17, 15) is 14.4 Å². The summed E-state index contributed by atoms with van der Waals surface area (Å²) in [5, 5.41) is 2.77. The quantitative estimate of drug-likeness (QED) is 0.542. The van der Waals surface area contributed by atoms with Crippen molar-refractivity contribution in [2.75, 3.05) is 19.1 Å². The van der Waals surface area contributed by atoms with Crippen LogP contribution in [0.1, 0.15) is 47.3 Å². The Labute approximate surface area is 202 Å². The van der Waals surface area contributed by atoms with Crippen molar-refractivity contribution in [2.45, 2.75) is 50.2 Å². The number of thioether (sulfide) groups is 1. The van der Waals surface area contributed by atoms with Crippen molar-refractivity contribution in [1.82, 2.24) is 10.3 Å². The number of nitrogens with one attached hydrogen (secondary N) is 1. The van der Waals surface area contributed by atoms with Gasteiger partial charge in [-0.15, -0.1) is 0 Å². The monoisotopic (exact) mass is 484 g/mol. The van der Waals surface area contributed by atoms with Crippen LogP contribution in [0.15, 0.2) is 36.5 Å². The number of carbonyl (C=O) groups is 3. The molecule has 1 aromatic heterocycles. The number of pyridine rings is 1. The summed E-state index contributed by atoms with van der Waals surface area (Å²) >= 11 is 1.51. The molecular weight excluding hydrogens is 456 g/mol. The first kappa shape index (κ1) is 24.1. The summed E-state index contributed by atoms with van der Waals surface area (Å²) < 4.78 is 16.5. The lowest BCUT2D eigenvalue weighted by molar-refractivity contribution is -0.153. The van der Waals surface area contributed by atoms with Crippen LogP contribution in [0.3, 0.4) is 0 Å². The van der Waals surface area contributed by atoms with Crippen molar-refractivity contribution in [1.29, 1.82) is 0 Å². The fourth-order valence-electron chi connectivity index (χ4n) is 4.01. The summed E-state index contributed by atoms with van der Waals surface area (Å²) in [4.78, 5) is 42.4. The van der Waals surface area contributed by atoms with Crippen LogP contribution in [0.4, 0.5) is 0 Å². The van der Waals surface area contributed by atoms with Crippen LogP contribution in [-0.2, 0) is 27.2 Å². The van der Waals surface area contributed by atoms with E-state index in [1.54, 1.807) is 0 Å². The zero-order chi connectivity index (χ0) is 24.1. The number of ether oxygens (including phenoxy) is 3. The third kappa shape index (κ3) is 5.35. The predicted octanol–water partition coefficient (Wildman–Crippen LogP) is 3.11. The van der Waals surface area contributed by atoms with Gasteiger partial charge in [0.2, 0.25) is 5.75 Å². The average molecular weight is 485 g/mol. The normalized spacial score (nSPS) is 17.8. The Morgan fingerprint density at radius 1 is 1.18 bits per heavy atom. The number of hydrogen-bond donors (Lipinski definition) is 1. The molecule has 1 amide bonds. The van der Waals surface area contributed by atoms with Gasteiger partial charge in [-0.3, -0.25) is 9.59 Å². The maximum atomic E-state index is 13.1. The zero-order valence-corrected chi connectivity index (χ0v) is 20.1. The summed E-state index contributed by atoms with van der Waals surface area (Å²) in [5.74, 6) is -0.800. The van der Waals surface area contributed by atoms with Gasteiger partial charge in [0.25, 0.3) is 5.91 Å². The lowest BCUT2D eigenvalue weighted by Gasteiger charge is -2.27. The van der Waals surface area contributed by atoms with Gasteiger partial charge in [-0.25, -0.2) is 9.78 Å². The van der Waals surface area contributed by atoms with Crippen molar-refractivity contribution >= 4 is 29.6 Å². The van der Waals surface area contributed by atoms with E-state index in [0.717, 1.165) is 12.8 Å². The number of methoxy groups -OCH3 is 1. The number of aryl methyl sites for hydroxylation is 1. The van der Waals surface area contributed by atoms with Crippen molar-refractivity contribution in [2.24, 2.45) is 0 Å². The van der Waals surface area contributed by atoms with E-state index in [2.05, 4.69) is 22.4 Å². The number of carbonyl (C=O) groups excluding carboxylic acids is 3. The molecule has 0 bridgehead atoms. The maximum Gasteiger partial charge on any atom is 0.332 e. The number of aromatic nitrogens is 1. The van der Waals surface area contributed by atoms with E-state index >= 15 is 0 Å². The van der Waals surface area contributed by atoms with E-state index < -0.39 is 23.4 Å². The lowest BCUT2D eigenvalue weighted by Crippen LogP contribution is -2.46. The van der Waals surface area contributed by atoms with Gasteiger partial charge in [0.05, 0.1) is 13.5 Å². The molecular formula is C25H28N2O6S. The molecule has 8 nitrogen and oxygen atoms in total. The average Bonchev–Trinajstić information content (AvgIpc) is 3.63. The van der Waals surface area contributed by atoms with Crippen LogP contribution >= 0.6 is 11.8 Å². The molecule has 2 aromatic rings. The lowest BCUT2D eigenvalue weighted by atomic mass is 9.90. The highest BCUT2D eigenvalue weighted by Crippen LogP contribution is 2.39. The summed E-state index contributed by atoms with van der Waals surface area (Å²) in [7, 11) is 1.41. The molecule has 180 valence electrons. The Morgan fingerprint density at radius 3 is 2.65 bits per heavy atom. The summed E-state index contributed by atoms with van der Waals surface area (Å²) in [6.45, 7) is 0. The molecule has 1 aromatic carbocycles. The second-order valence-electron chi connectivity index (χ2n) is 8.48. The molecule has 0 saturated heterocycles. The Bertz CT molecular complexity index is 1080. The number of esters is 2. The standard InChI is InChI=1S/C25H28N2O6S/c1-31-19-9-13-26-21(22(19)33-20(28)10-14-34-2)23(29)27-25(11-12-25)24(30)32-18-8-7-16-5-3-4-6-17(16)15-18/h3-6,9,13,18H,7-8,10-12,14-15H2,1-2H3,(H,27,29). The largest absolute Gasteiger partial charge is 0.493 e. The van der Waals surface area contributed by atoms with Crippen LogP contribution in [0.25, 0.3) is 0 Å². The number of amides is 1. The van der Waals surface area contributed by atoms with E-state index in [-0.39, 0.29) is 29.7 Å². The van der Waals surface area contributed by atoms with Crippen molar-refractivity contribution in [3.63, 3.8) is 0 Å². The maximum absolute atomic E-state index is 13.1. The number of hydrogen-bond acceptors (Lipinski definition) is 8. The molecule has 0 aliphatic heterocycles.